The maximum Gasteiger partial charge on any atom is 0.280 e. The second-order valence-electron chi connectivity index (χ2n) is 5.82. The number of nitrogens with zero attached hydrogens (tertiary/aromatic N) is 3. The highest BCUT2D eigenvalue weighted by Crippen LogP contribution is 2.19. The van der Waals surface area contributed by atoms with Crippen LogP contribution in [0.25, 0.3) is 0 Å². The number of rotatable bonds is 6. The fourth-order valence-corrected chi connectivity index (χ4v) is 3.70. The van der Waals surface area contributed by atoms with Crippen LogP contribution in [0.2, 0.25) is 0 Å². The van der Waals surface area contributed by atoms with Crippen LogP contribution in [-0.2, 0) is 14.9 Å². The fourth-order valence-electron chi connectivity index (χ4n) is 2.31. The Hall–Kier alpha value is -1.03. The summed E-state index contributed by atoms with van der Waals surface area (Å²) in [5, 5.41) is 3.85. The average molecular weight is 332 g/mol. The zero-order valence-electron chi connectivity index (χ0n) is 13.4. The number of ether oxygens (including phenoxy) is 1. The molecule has 1 aromatic rings. The second kappa shape index (κ2) is 7.03. The molecule has 0 spiro atoms. The number of piperidine rings is 1. The van der Waals surface area contributed by atoms with Crippen LogP contribution in [0, 0.1) is 0 Å². The fraction of sp³-hybridized carbons (Fsp3) is 0.846. The van der Waals surface area contributed by atoms with Gasteiger partial charge >= 0.3 is 0 Å². The molecule has 1 aliphatic heterocycles. The SMILES string of the molecule is COC1CCN(S(=O)(=O)NC(C)c2nc(C(C)C)no2)CC1. The van der Waals surface area contributed by atoms with Crippen LogP contribution in [0.3, 0.4) is 0 Å². The predicted octanol–water partition coefficient (Wildman–Crippen LogP) is 1.20. The van der Waals surface area contributed by atoms with Gasteiger partial charge in [-0.3, -0.25) is 0 Å². The van der Waals surface area contributed by atoms with Crippen molar-refractivity contribution >= 4 is 10.2 Å². The van der Waals surface area contributed by atoms with E-state index in [-0.39, 0.29) is 17.9 Å². The highest BCUT2D eigenvalue weighted by Gasteiger charge is 2.30. The van der Waals surface area contributed by atoms with Crippen LogP contribution in [0.15, 0.2) is 4.52 Å². The van der Waals surface area contributed by atoms with Gasteiger partial charge in [0, 0.05) is 26.1 Å². The normalized spacial score (nSPS) is 19.7. The first-order chi connectivity index (χ1) is 10.3. The Kier molecular flexibility index (Phi) is 5.54. The summed E-state index contributed by atoms with van der Waals surface area (Å²) in [6.45, 7) is 6.48. The summed E-state index contributed by atoms with van der Waals surface area (Å²) in [5.74, 6) is 0.982. The summed E-state index contributed by atoms with van der Waals surface area (Å²) >= 11 is 0. The van der Waals surface area contributed by atoms with Crippen LogP contribution in [0.4, 0.5) is 0 Å². The zero-order chi connectivity index (χ0) is 16.3. The van der Waals surface area contributed by atoms with Crippen LogP contribution in [0.1, 0.15) is 57.3 Å². The number of nitrogens with one attached hydrogen (secondary N) is 1. The first kappa shape index (κ1) is 17.3. The Morgan fingerprint density at radius 1 is 1.32 bits per heavy atom. The van der Waals surface area contributed by atoms with Crippen molar-refractivity contribution < 1.29 is 17.7 Å². The quantitative estimate of drug-likeness (QED) is 0.840. The van der Waals surface area contributed by atoms with E-state index in [4.69, 9.17) is 9.26 Å². The van der Waals surface area contributed by atoms with Crippen LogP contribution in [0.5, 0.6) is 0 Å². The van der Waals surface area contributed by atoms with E-state index in [9.17, 15) is 8.42 Å². The molecule has 8 nitrogen and oxygen atoms in total. The third kappa shape index (κ3) is 4.03. The molecule has 2 rings (SSSR count). The van der Waals surface area contributed by atoms with E-state index >= 15 is 0 Å². The van der Waals surface area contributed by atoms with Gasteiger partial charge < -0.3 is 9.26 Å². The molecule has 1 atom stereocenters. The molecule has 126 valence electrons. The van der Waals surface area contributed by atoms with Crippen molar-refractivity contribution in [2.75, 3.05) is 20.2 Å². The lowest BCUT2D eigenvalue weighted by atomic mass is 10.1. The molecule has 0 bridgehead atoms. The average Bonchev–Trinajstić information content (AvgIpc) is 2.97. The molecule has 0 saturated carbocycles. The molecule has 1 fully saturated rings. The van der Waals surface area contributed by atoms with Gasteiger partial charge in [-0.15, -0.1) is 0 Å². The van der Waals surface area contributed by atoms with Crippen molar-refractivity contribution in [3.63, 3.8) is 0 Å². The molecule has 22 heavy (non-hydrogen) atoms. The second-order valence-corrected chi connectivity index (χ2v) is 7.53. The summed E-state index contributed by atoms with van der Waals surface area (Å²) < 4.78 is 39.2. The summed E-state index contributed by atoms with van der Waals surface area (Å²) in [6, 6.07) is -0.565. The van der Waals surface area contributed by atoms with Crippen molar-refractivity contribution in [2.24, 2.45) is 0 Å². The summed E-state index contributed by atoms with van der Waals surface area (Å²) in [5.41, 5.74) is 0. The predicted molar refractivity (Wildman–Crippen MR) is 80.5 cm³/mol. The van der Waals surface area contributed by atoms with Crippen molar-refractivity contribution in [3.05, 3.63) is 11.7 Å². The number of hydrogen-bond acceptors (Lipinski definition) is 6. The molecule has 0 aliphatic carbocycles. The molecule has 1 aromatic heterocycles. The molecular weight excluding hydrogens is 308 g/mol. The first-order valence-electron chi connectivity index (χ1n) is 7.47. The van der Waals surface area contributed by atoms with Crippen LogP contribution in [-0.4, -0.2) is 49.2 Å². The van der Waals surface area contributed by atoms with Gasteiger partial charge in [-0.1, -0.05) is 19.0 Å². The monoisotopic (exact) mass is 332 g/mol. The molecule has 0 amide bonds. The molecule has 1 unspecified atom stereocenters. The molecule has 0 aromatic carbocycles. The Morgan fingerprint density at radius 2 is 1.95 bits per heavy atom. The third-order valence-electron chi connectivity index (χ3n) is 3.74. The van der Waals surface area contributed by atoms with Gasteiger partial charge in [-0.05, 0) is 19.8 Å². The first-order valence-corrected chi connectivity index (χ1v) is 8.91. The standard InChI is InChI=1S/C13H24N4O4S/c1-9(2)12-14-13(21-15-12)10(3)16-22(18,19)17-7-5-11(20-4)6-8-17/h9-11,16H,5-8H2,1-4H3. The lowest BCUT2D eigenvalue weighted by molar-refractivity contribution is 0.0601. The van der Waals surface area contributed by atoms with Crippen molar-refractivity contribution in [3.8, 4) is 0 Å². The van der Waals surface area contributed by atoms with E-state index in [1.54, 1.807) is 14.0 Å². The molecule has 1 saturated heterocycles. The third-order valence-corrected chi connectivity index (χ3v) is 5.44. The Morgan fingerprint density at radius 3 is 2.45 bits per heavy atom. The lowest BCUT2D eigenvalue weighted by Crippen LogP contribution is -2.46. The number of hydrogen-bond donors (Lipinski definition) is 1. The van der Waals surface area contributed by atoms with Crippen LogP contribution >= 0.6 is 0 Å². The molecule has 0 radical (unpaired) electrons. The highest BCUT2D eigenvalue weighted by atomic mass is 32.2. The minimum Gasteiger partial charge on any atom is -0.381 e. The van der Waals surface area contributed by atoms with E-state index in [1.165, 1.54) is 4.31 Å². The van der Waals surface area contributed by atoms with Gasteiger partial charge in [0.1, 0.15) is 0 Å². The Labute approximate surface area is 131 Å². The van der Waals surface area contributed by atoms with Gasteiger partial charge in [0.2, 0.25) is 5.89 Å². The summed E-state index contributed by atoms with van der Waals surface area (Å²) in [6.07, 6.45) is 1.53. The Balaban J connectivity index is 1.98. The molecule has 2 heterocycles. The van der Waals surface area contributed by atoms with Gasteiger partial charge in [0.25, 0.3) is 10.2 Å². The van der Waals surface area contributed by atoms with Gasteiger partial charge in [-0.25, -0.2) is 0 Å². The van der Waals surface area contributed by atoms with Crippen LogP contribution < -0.4 is 4.72 Å². The number of methoxy groups -OCH3 is 1. The topological polar surface area (TPSA) is 97.6 Å². The van der Waals surface area contributed by atoms with Gasteiger partial charge in [0.05, 0.1) is 12.1 Å². The smallest absolute Gasteiger partial charge is 0.280 e. The van der Waals surface area contributed by atoms with E-state index in [0.29, 0.717) is 31.8 Å². The maximum atomic E-state index is 12.4. The molecule has 9 heteroatoms. The lowest BCUT2D eigenvalue weighted by Gasteiger charge is -2.30. The minimum atomic E-state index is -3.57. The molecular formula is C13H24N4O4S. The van der Waals surface area contributed by atoms with Crippen molar-refractivity contribution in [2.45, 2.75) is 51.7 Å². The Bertz CT molecular complexity index is 579. The van der Waals surface area contributed by atoms with Crippen molar-refractivity contribution in [1.29, 1.82) is 0 Å². The minimum absolute atomic E-state index is 0.133. The van der Waals surface area contributed by atoms with E-state index in [2.05, 4.69) is 14.9 Å². The molecule has 1 N–H and O–H groups in total. The highest BCUT2D eigenvalue weighted by molar-refractivity contribution is 7.87. The maximum absolute atomic E-state index is 12.4. The number of aromatic nitrogens is 2. The van der Waals surface area contributed by atoms with E-state index in [0.717, 1.165) is 0 Å². The summed E-state index contributed by atoms with van der Waals surface area (Å²) in [4.78, 5) is 4.22. The van der Waals surface area contributed by atoms with E-state index in [1.807, 2.05) is 13.8 Å². The summed E-state index contributed by atoms with van der Waals surface area (Å²) in [7, 11) is -1.92. The van der Waals surface area contributed by atoms with Crippen molar-refractivity contribution in [1.82, 2.24) is 19.2 Å². The van der Waals surface area contributed by atoms with Gasteiger partial charge in [0.15, 0.2) is 5.82 Å². The largest absolute Gasteiger partial charge is 0.381 e. The zero-order valence-corrected chi connectivity index (χ0v) is 14.3. The molecule has 1 aliphatic rings. The van der Waals surface area contributed by atoms with E-state index < -0.39 is 16.3 Å². The van der Waals surface area contributed by atoms with Gasteiger partial charge in [-0.2, -0.15) is 22.4 Å².